The van der Waals surface area contributed by atoms with Gasteiger partial charge in [0.1, 0.15) is 17.1 Å². The molecule has 5 nitrogen and oxygen atoms in total. The molecule has 0 saturated heterocycles. The lowest BCUT2D eigenvalue weighted by molar-refractivity contribution is -0.144. The van der Waals surface area contributed by atoms with E-state index >= 15 is 0 Å². The van der Waals surface area contributed by atoms with Crippen LogP contribution in [0, 0.1) is 5.82 Å². The smallest absolute Gasteiger partial charge is 0.431 e. The van der Waals surface area contributed by atoms with Crippen LogP contribution in [0.1, 0.15) is 18.4 Å². The topological polar surface area (TPSA) is 57.1 Å². The fraction of sp³-hybridized carbons (Fsp3) is 0.294. The number of fused-ring (bicyclic) bond motifs is 1. The van der Waals surface area contributed by atoms with Gasteiger partial charge in [0.05, 0.1) is 10.8 Å². The molecule has 0 saturated carbocycles. The third-order valence-corrected chi connectivity index (χ3v) is 5.23. The summed E-state index contributed by atoms with van der Waals surface area (Å²) in [4.78, 5) is 24.8. The molecule has 0 radical (unpaired) electrons. The molecule has 0 unspecified atom stereocenters. The Morgan fingerprint density at radius 3 is 2.50 bits per heavy atom. The maximum atomic E-state index is 14.7. The normalized spacial score (nSPS) is 12.1. The van der Waals surface area contributed by atoms with E-state index in [9.17, 15) is 27.2 Å². The van der Waals surface area contributed by atoms with Gasteiger partial charge in [0, 0.05) is 18.5 Å². The molecule has 150 valence electrons. The molecule has 0 aliphatic rings. The van der Waals surface area contributed by atoms with Crippen LogP contribution in [0.2, 0.25) is 5.02 Å². The number of rotatable bonds is 4. The Labute approximate surface area is 164 Å². The highest BCUT2D eigenvalue weighted by Gasteiger charge is 2.35. The molecule has 0 aliphatic carbocycles. The number of aromatic nitrogens is 2. The average molecular weight is 437 g/mol. The van der Waals surface area contributed by atoms with E-state index in [1.165, 1.54) is 11.8 Å². The van der Waals surface area contributed by atoms with E-state index in [2.05, 4.69) is 0 Å². The lowest BCUT2D eigenvalue weighted by atomic mass is 10.2. The van der Waals surface area contributed by atoms with Gasteiger partial charge in [-0.3, -0.25) is 9.36 Å². The van der Waals surface area contributed by atoms with Gasteiger partial charge in [-0.05, 0) is 17.9 Å². The van der Waals surface area contributed by atoms with Gasteiger partial charge in [-0.2, -0.15) is 24.9 Å². The van der Waals surface area contributed by atoms with E-state index in [0.717, 1.165) is 18.9 Å². The monoisotopic (exact) mass is 436 g/mol. The van der Waals surface area contributed by atoms with Crippen LogP contribution >= 0.6 is 23.4 Å². The summed E-state index contributed by atoms with van der Waals surface area (Å²) in [5.41, 5.74) is -4.90. The highest BCUT2D eigenvalue weighted by atomic mass is 35.5. The lowest BCUT2D eigenvalue weighted by Gasteiger charge is -2.14. The third-order valence-electron chi connectivity index (χ3n) is 4.02. The van der Waals surface area contributed by atoms with Crippen LogP contribution in [0.25, 0.3) is 16.7 Å². The van der Waals surface area contributed by atoms with Gasteiger partial charge in [-0.25, -0.2) is 13.8 Å². The summed E-state index contributed by atoms with van der Waals surface area (Å²) in [6.45, 7) is 1.93. The van der Waals surface area contributed by atoms with E-state index < -0.39 is 34.6 Å². The summed E-state index contributed by atoms with van der Waals surface area (Å²) in [6, 6.07) is 2.66. The zero-order valence-corrected chi connectivity index (χ0v) is 16.1. The third kappa shape index (κ3) is 3.46. The lowest BCUT2D eigenvalue weighted by Crippen LogP contribution is -2.41. The molecule has 0 N–H and O–H groups in total. The first-order valence-electron chi connectivity index (χ1n) is 7.95. The SMILES string of the molecule is CCSCc1cc2c(Cl)cc(F)c(-n3c(=O)cc(C(F)(F)F)n(C)c3=O)c2o1. The number of benzene rings is 1. The number of hydrogen-bond donors (Lipinski definition) is 0. The second-order valence-electron chi connectivity index (χ2n) is 5.82. The van der Waals surface area contributed by atoms with Crippen molar-refractivity contribution in [2.75, 3.05) is 5.75 Å². The maximum Gasteiger partial charge on any atom is 0.431 e. The van der Waals surface area contributed by atoms with Crippen LogP contribution in [-0.2, 0) is 19.0 Å². The van der Waals surface area contributed by atoms with Gasteiger partial charge in [0.25, 0.3) is 5.56 Å². The molecule has 0 spiro atoms. The van der Waals surface area contributed by atoms with Gasteiger partial charge >= 0.3 is 11.9 Å². The van der Waals surface area contributed by atoms with E-state index in [1.807, 2.05) is 6.92 Å². The highest BCUT2D eigenvalue weighted by Crippen LogP contribution is 2.34. The molecule has 0 atom stereocenters. The zero-order chi connectivity index (χ0) is 20.8. The minimum Gasteiger partial charge on any atom is -0.458 e. The molecule has 11 heteroatoms. The van der Waals surface area contributed by atoms with Gasteiger partial charge in [-0.15, -0.1) is 0 Å². The van der Waals surface area contributed by atoms with Crippen molar-refractivity contribution >= 4 is 34.3 Å². The van der Waals surface area contributed by atoms with Gasteiger partial charge in [0.15, 0.2) is 11.4 Å². The van der Waals surface area contributed by atoms with Crippen molar-refractivity contribution in [3.63, 3.8) is 0 Å². The summed E-state index contributed by atoms with van der Waals surface area (Å²) in [5.74, 6) is 0.570. The van der Waals surface area contributed by atoms with Crippen molar-refractivity contribution in [2.24, 2.45) is 7.05 Å². The van der Waals surface area contributed by atoms with Crippen molar-refractivity contribution in [3.05, 3.63) is 61.3 Å². The van der Waals surface area contributed by atoms with Crippen LogP contribution in [0.5, 0.6) is 0 Å². The Morgan fingerprint density at radius 2 is 1.89 bits per heavy atom. The summed E-state index contributed by atoms with van der Waals surface area (Å²) < 4.78 is 59.9. The standard InChI is InChI=1S/C17H13ClF4N2O3S/c1-3-28-7-8-4-9-10(18)5-11(19)14(15(9)27-8)24-13(25)6-12(17(20,21)22)23(2)16(24)26/h4-6H,3,7H2,1-2H3. The first kappa shape index (κ1) is 20.5. The summed E-state index contributed by atoms with van der Waals surface area (Å²) in [7, 11) is 0.845. The van der Waals surface area contributed by atoms with E-state index in [1.54, 1.807) is 6.07 Å². The maximum absolute atomic E-state index is 14.7. The predicted molar refractivity (Wildman–Crippen MR) is 98.9 cm³/mol. The predicted octanol–water partition coefficient (Wildman–Crippen LogP) is 4.35. The Morgan fingerprint density at radius 1 is 1.21 bits per heavy atom. The quantitative estimate of drug-likeness (QED) is 0.571. The molecule has 3 aromatic rings. The molecular formula is C17H13ClF4N2O3S. The number of hydrogen-bond acceptors (Lipinski definition) is 4. The summed E-state index contributed by atoms with van der Waals surface area (Å²) >= 11 is 7.55. The molecular weight excluding hydrogens is 424 g/mol. The molecule has 2 heterocycles. The Balaban J connectivity index is 2.36. The van der Waals surface area contributed by atoms with Gasteiger partial charge < -0.3 is 4.42 Å². The van der Waals surface area contributed by atoms with E-state index in [4.69, 9.17) is 16.0 Å². The van der Waals surface area contributed by atoms with E-state index in [0.29, 0.717) is 16.1 Å². The fourth-order valence-corrected chi connectivity index (χ4v) is 3.53. The number of thioether (sulfide) groups is 1. The van der Waals surface area contributed by atoms with Crippen molar-refractivity contribution < 1.29 is 22.0 Å². The van der Waals surface area contributed by atoms with Crippen molar-refractivity contribution in [1.29, 1.82) is 0 Å². The van der Waals surface area contributed by atoms with Crippen LogP contribution < -0.4 is 11.2 Å². The Kier molecular flexibility index (Phi) is 5.37. The molecule has 0 amide bonds. The molecule has 0 fully saturated rings. The second kappa shape index (κ2) is 7.32. The fourth-order valence-electron chi connectivity index (χ4n) is 2.75. The van der Waals surface area contributed by atoms with Crippen LogP contribution in [0.4, 0.5) is 17.6 Å². The van der Waals surface area contributed by atoms with Gasteiger partial charge in [0.2, 0.25) is 0 Å². The first-order valence-corrected chi connectivity index (χ1v) is 9.48. The summed E-state index contributed by atoms with van der Waals surface area (Å²) in [5, 5.41) is 0.239. The second-order valence-corrected chi connectivity index (χ2v) is 7.51. The number of furan rings is 1. The van der Waals surface area contributed by atoms with Gasteiger partial charge in [-0.1, -0.05) is 18.5 Å². The van der Waals surface area contributed by atoms with Crippen molar-refractivity contribution in [3.8, 4) is 5.69 Å². The van der Waals surface area contributed by atoms with Crippen LogP contribution in [-0.4, -0.2) is 14.9 Å². The minimum absolute atomic E-state index is 0.00969. The van der Waals surface area contributed by atoms with Crippen molar-refractivity contribution in [1.82, 2.24) is 9.13 Å². The number of alkyl halides is 3. The zero-order valence-electron chi connectivity index (χ0n) is 14.6. The molecule has 3 rings (SSSR count). The minimum atomic E-state index is -4.92. The van der Waals surface area contributed by atoms with Crippen LogP contribution in [0.15, 0.2) is 32.2 Å². The molecule has 1 aromatic carbocycles. The van der Waals surface area contributed by atoms with Crippen molar-refractivity contribution in [2.45, 2.75) is 18.9 Å². The summed E-state index contributed by atoms with van der Waals surface area (Å²) in [6.07, 6.45) is -4.92. The average Bonchev–Trinajstić information content (AvgIpc) is 3.02. The molecule has 2 aromatic heterocycles. The molecule has 0 aliphatic heterocycles. The molecule has 0 bridgehead atoms. The van der Waals surface area contributed by atoms with E-state index in [-0.39, 0.29) is 26.6 Å². The Bertz CT molecular complexity index is 1180. The Hall–Kier alpha value is -2.20. The van der Waals surface area contributed by atoms with Crippen LogP contribution in [0.3, 0.4) is 0 Å². The largest absolute Gasteiger partial charge is 0.458 e. The number of nitrogens with zero attached hydrogens (tertiary/aromatic N) is 2. The first-order chi connectivity index (χ1) is 13.1. The molecule has 28 heavy (non-hydrogen) atoms. The highest BCUT2D eigenvalue weighted by molar-refractivity contribution is 7.98. The number of halogens is 5.